The molecular weight excluding hydrogens is 246 g/mol. The largest absolute Gasteiger partial charge is 0.497 e. The van der Waals surface area contributed by atoms with Crippen LogP contribution in [0.3, 0.4) is 0 Å². The fraction of sp³-hybridized carbons (Fsp3) is 0.300. The van der Waals surface area contributed by atoms with Crippen LogP contribution in [0.25, 0.3) is 0 Å². The third-order valence-corrected chi connectivity index (χ3v) is 2.49. The Morgan fingerprint density at radius 2 is 1.88 bits per heavy atom. The normalized spacial score (nSPS) is 10.8. The first-order valence-electron chi connectivity index (χ1n) is 4.61. The van der Waals surface area contributed by atoms with Gasteiger partial charge in [-0.3, -0.25) is 4.79 Å². The second-order valence-electron chi connectivity index (χ2n) is 3.27. The summed E-state index contributed by atoms with van der Waals surface area (Å²) in [5, 5.41) is 0. The molecule has 0 radical (unpaired) electrons. The van der Waals surface area contributed by atoms with E-state index in [4.69, 9.17) is 9.47 Å². The summed E-state index contributed by atoms with van der Waals surface area (Å²) in [5.74, 6) is 0.00950. The van der Waals surface area contributed by atoms with Gasteiger partial charge in [0.15, 0.2) is 0 Å². The molecule has 0 atom stereocenters. The Hall–Kier alpha value is -1.76. The maximum absolute atomic E-state index is 11.6. The standard InChI is InChI=1S/C10H13NO5S/c1-15-7-4-5-8(9(6-7)16-2)10(12)11-17(3,13)14/h4-6H,1-3H3,(H,11,12). The molecule has 1 N–H and O–H groups in total. The zero-order valence-electron chi connectivity index (χ0n) is 9.68. The molecule has 17 heavy (non-hydrogen) atoms. The van der Waals surface area contributed by atoms with Crippen molar-refractivity contribution in [3.63, 3.8) is 0 Å². The molecule has 0 aliphatic heterocycles. The monoisotopic (exact) mass is 259 g/mol. The number of nitrogens with one attached hydrogen (secondary N) is 1. The minimum Gasteiger partial charge on any atom is -0.497 e. The van der Waals surface area contributed by atoms with Crippen LogP contribution < -0.4 is 14.2 Å². The van der Waals surface area contributed by atoms with E-state index in [1.807, 2.05) is 4.72 Å². The highest BCUT2D eigenvalue weighted by molar-refractivity contribution is 7.89. The van der Waals surface area contributed by atoms with Gasteiger partial charge >= 0.3 is 0 Å². The molecule has 7 heteroatoms. The van der Waals surface area contributed by atoms with Crippen molar-refractivity contribution in [3.8, 4) is 11.5 Å². The molecule has 0 saturated carbocycles. The van der Waals surface area contributed by atoms with Gasteiger partial charge in [0, 0.05) is 6.07 Å². The van der Waals surface area contributed by atoms with Crippen molar-refractivity contribution >= 4 is 15.9 Å². The Kier molecular flexibility index (Phi) is 3.95. The fourth-order valence-electron chi connectivity index (χ4n) is 1.21. The molecule has 0 aliphatic rings. The van der Waals surface area contributed by atoms with E-state index in [-0.39, 0.29) is 11.3 Å². The second-order valence-corrected chi connectivity index (χ2v) is 5.02. The maximum Gasteiger partial charge on any atom is 0.268 e. The van der Waals surface area contributed by atoms with Crippen LogP contribution in [0.1, 0.15) is 10.4 Å². The van der Waals surface area contributed by atoms with Gasteiger partial charge < -0.3 is 9.47 Å². The van der Waals surface area contributed by atoms with Crippen molar-refractivity contribution in [1.29, 1.82) is 0 Å². The number of hydrogen-bond acceptors (Lipinski definition) is 5. The molecule has 1 aromatic rings. The Balaban J connectivity index is 3.09. The van der Waals surface area contributed by atoms with Gasteiger partial charge in [-0.15, -0.1) is 0 Å². The van der Waals surface area contributed by atoms with E-state index >= 15 is 0 Å². The summed E-state index contributed by atoms with van der Waals surface area (Å²) in [4.78, 5) is 11.6. The van der Waals surface area contributed by atoms with E-state index < -0.39 is 15.9 Å². The summed E-state index contributed by atoms with van der Waals surface area (Å²) < 4.78 is 33.7. The summed E-state index contributed by atoms with van der Waals surface area (Å²) in [6.07, 6.45) is 0.904. The molecule has 0 fully saturated rings. The van der Waals surface area contributed by atoms with Crippen molar-refractivity contribution in [3.05, 3.63) is 23.8 Å². The van der Waals surface area contributed by atoms with Crippen LogP contribution in [0.2, 0.25) is 0 Å². The lowest BCUT2D eigenvalue weighted by atomic mass is 10.2. The Morgan fingerprint density at radius 1 is 1.24 bits per heavy atom. The molecule has 94 valence electrons. The number of ether oxygens (including phenoxy) is 2. The lowest BCUT2D eigenvalue weighted by Crippen LogP contribution is -2.29. The minimum absolute atomic E-state index is 0.124. The van der Waals surface area contributed by atoms with Gasteiger partial charge in [-0.25, -0.2) is 13.1 Å². The number of hydrogen-bond donors (Lipinski definition) is 1. The third-order valence-electron chi connectivity index (χ3n) is 1.93. The number of sulfonamides is 1. The minimum atomic E-state index is -3.60. The highest BCUT2D eigenvalue weighted by Crippen LogP contribution is 2.24. The number of benzene rings is 1. The highest BCUT2D eigenvalue weighted by atomic mass is 32.2. The molecular formula is C10H13NO5S. The number of methoxy groups -OCH3 is 2. The molecule has 0 aliphatic carbocycles. The molecule has 0 spiro atoms. The average molecular weight is 259 g/mol. The van der Waals surface area contributed by atoms with Crippen molar-refractivity contribution in [2.75, 3.05) is 20.5 Å². The van der Waals surface area contributed by atoms with Gasteiger partial charge in [0.05, 0.1) is 26.0 Å². The van der Waals surface area contributed by atoms with Crippen LogP contribution in [0.4, 0.5) is 0 Å². The summed E-state index contributed by atoms with van der Waals surface area (Å²) in [6, 6.07) is 4.47. The topological polar surface area (TPSA) is 81.7 Å². The van der Waals surface area contributed by atoms with E-state index in [0.29, 0.717) is 5.75 Å². The first kappa shape index (κ1) is 13.3. The number of carbonyl (C=O) groups excluding carboxylic acids is 1. The van der Waals surface area contributed by atoms with Crippen LogP contribution in [-0.4, -0.2) is 34.8 Å². The smallest absolute Gasteiger partial charge is 0.268 e. The molecule has 0 aromatic heterocycles. The van der Waals surface area contributed by atoms with Crippen LogP contribution >= 0.6 is 0 Å². The lowest BCUT2D eigenvalue weighted by molar-refractivity contribution is 0.0978. The second kappa shape index (κ2) is 5.05. The molecule has 6 nitrogen and oxygen atoms in total. The van der Waals surface area contributed by atoms with E-state index in [1.165, 1.54) is 26.4 Å². The van der Waals surface area contributed by atoms with Crippen LogP contribution in [0.5, 0.6) is 11.5 Å². The zero-order valence-corrected chi connectivity index (χ0v) is 10.5. The molecule has 0 heterocycles. The Labute approximate surface area is 99.6 Å². The summed E-state index contributed by atoms with van der Waals surface area (Å²) >= 11 is 0. The molecule has 0 saturated heterocycles. The molecule has 0 bridgehead atoms. The number of carbonyl (C=O) groups is 1. The van der Waals surface area contributed by atoms with Crippen molar-refractivity contribution < 1.29 is 22.7 Å². The van der Waals surface area contributed by atoms with Crippen molar-refractivity contribution in [2.24, 2.45) is 0 Å². The van der Waals surface area contributed by atoms with Gasteiger partial charge in [0.2, 0.25) is 10.0 Å². The Bertz CT molecular complexity index is 523. The summed E-state index contributed by atoms with van der Waals surface area (Å²) in [7, 11) is -0.740. The first-order chi connectivity index (χ1) is 7.87. The van der Waals surface area contributed by atoms with Crippen LogP contribution in [0.15, 0.2) is 18.2 Å². The van der Waals surface area contributed by atoms with Gasteiger partial charge in [0.1, 0.15) is 11.5 Å². The van der Waals surface area contributed by atoms with Gasteiger partial charge in [0.25, 0.3) is 5.91 Å². The Morgan fingerprint density at radius 3 is 2.35 bits per heavy atom. The summed E-state index contributed by atoms with van der Waals surface area (Å²) in [6.45, 7) is 0. The number of amides is 1. The quantitative estimate of drug-likeness (QED) is 0.846. The predicted molar refractivity (Wildman–Crippen MR) is 61.9 cm³/mol. The first-order valence-corrected chi connectivity index (χ1v) is 6.50. The van der Waals surface area contributed by atoms with Gasteiger partial charge in [-0.05, 0) is 12.1 Å². The van der Waals surface area contributed by atoms with Gasteiger partial charge in [-0.1, -0.05) is 0 Å². The van der Waals surface area contributed by atoms with Crippen molar-refractivity contribution in [2.45, 2.75) is 0 Å². The molecule has 1 amide bonds. The molecule has 1 rings (SSSR count). The number of rotatable bonds is 4. The average Bonchev–Trinajstić information content (AvgIpc) is 2.25. The third kappa shape index (κ3) is 3.63. The zero-order chi connectivity index (χ0) is 13.1. The molecule has 0 unspecified atom stereocenters. The van der Waals surface area contributed by atoms with E-state index in [2.05, 4.69) is 0 Å². The maximum atomic E-state index is 11.6. The summed E-state index contributed by atoms with van der Waals surface area (Å²) in [5.41, 5.74) is 0.124. The SMILES string of the molecule is COc1ccc(C(=O)NS(C)(=O)=O)c(OC)c1. The van der Waals surface area contributed by atoms with E-state index in [0.717, 1.165) is 6.26 Å². The van der Waals surface area contributed by atoms with Gasteiger partial charge in [-0.2, -0.15) is 0 Å². The lowest BCUT2D eigenvalue weighted by Gasteiger charge is -2.09. The highest BCUT2D eigenvalue weighted by Gasteiger charge is 2.16. The fourth-order valence-corrected chi connectivity index (χ4v) is 1.66. The van der Waals surface area contributed by atoms with E-state index in [1.54, 1.807) is 6.07 Å². The predicted octanol–water partition coefficient (Wildman–Crippen LogP) is 0.393. The van der Waals surface area contributed by atoms with Crippen LogP contribution in [0, 0.1) is 0 Å². The van der Waals surface area contributed by atoms with E-state index in [9.17, 15) is 13.2 Å². The van der Waals surface area contributed by atoms with Crippen molar-refractivity contribution in [1.82, 2.24) is 4.72 Å². The van der Waals surface area contributed by atoms with Crippen LogP contribution in [-0.2, 0) is 10.0 Å². The molecule has 1 aromatic carbocycles.